The van der Waals surface area contributed by atoms with Crippen LogP contribution in [-0.2, 0) is 0 Å². The Balaban J connectivity index is 0.000000956. The number of aromatic nitrogens is 1. The maximum absolute atomic E-state index is 12.3. The molecule has 1 fully saturated rings. The van der Waals surface area contributed by atoms with Crippen LogP contribution >= 0.6 is 0 Å². The quantitative estimate of drug-likeness (QED) is 0.813. The molecule has 1 aliphatic rings. The molecule has 0 N–H and O–H groups in total. The summed E-state index contributed by atoms with van der Waals surface area (Å²) in [5.74, 6) is 0.0906. The van der Waals surface area contributed by atoms with Crippen molar-refractivity contribution in [3.8, 4) is 0 Å². The number of amides is 1. The second kappa shape index (κ2) is 7.41. The highest BCUT2D eigenvalue weighted by Crippen LogP contribution is 2.36. The first-order chi connectivity index (χ1) is 9.49. The van der Waals surface area contributed by atoms with Crippen molar-refractivity contribution in [1.82, 2.24) is 9.88 Å². The lowest BCUT2D eigenvalue weighted by atomic mass is 9.75. The van der Waals surface area contributed by atoms with E-state index >= 15 is 0 Å². The first-order valence-corrected chi connectivity index (χ1v) is 7.67. The van der Waals surface area contributed by atoms with Crippen LogP contribution in [0.1, 0.15) is 63.7 Å². The van der Waals surface area contributed by atoms with E-state index < -0.39 is 0 Å². The van der Waals surface area contributed by atoms with Crippen LogP contribution in [0, 0.1) is 5.41 Å². The number of rotatable bonds is 2. The maximum Gasteiger partial charge on any atom is 0.255 e. The van der Waals surface area contributed by atoms with Gasteiger partial charge in [-0.05, 0) is 43.2 Å². The minimum Gasteiger partial charge on any atom is -0.339 e. The first kappa shape index (κ1) is 16.7. The van der Waals surface area contributed by atoms with Crippen molar-refractivity contribution in [2.24, 2.45) is 5.41 Å². The van der Waals surface area contributed by atoms with E-state index in [0.29, 0.717) is 17.0 Å². The maximum atomic E-state index is 12.3. The minimum atomic E-state index is 0.0906. The molecule has 1 aromatic heterocycles. The lowest BCUT2D eigenvalue weighted by molar-refractivity contribution is 0.0635. The molecule has 0 spiro atoms. The van der Waals surface area contributed by atoms with Gasteiger partial charge in [0.2, 0.25) is 0 Å². The van der Waals surface area contributed by atoms with Crippen LogP contribution < -0.4 is 0 Å². The lowest BCUT2D eigenvalue weighted by Crippen LogP contribution is -2.40. The molecule has 0 saturated heterocycles. The Kier molecular flexibility index (Phi) is 6.18. The molecule has 0 aromatic carbocycles. The van der Waals surface area contributed by atoms with E-state index in [9.17, 15) is 4.79 Å². The molecule has 1 saturated carbocycles. The van der Waals surface area contributed by atoms with E-state index in [1.54, 1.807) is 12.4 Å². The predicted molar refractivity (Wildman–Crippen MR) is 83.7 cm³/mol. The molecule has 1 heterocycles. The number of carbonyl (C=O) groups is 1. The van der Waals surface area contributed by atoms with Crippen LogP contribution in [0.25, 0.3) is 0 Å². The molecule has 3 heteroatoms. The molecule has 0 atom stereocenters. The van der Waals surface area contributed by atoms with Crippen molar-refractivity contribution < 1.29 is 4.79 Å². The Morgan fingerprint density at radius 1 is 1.30 bits per heavy atom. The van der Waals surface area contributed by atoms with Crippen LogP contribution in [-0.4, -0.2) is 28.9 Å². The Labute approximate surface area is 123 Å². The van der Waals surface area contributed by atoms with Crippen molar-refractivity contribution in [3.05, 3.63) is 30.1 Å². The summed E-state index contributed by atoms with van der Waals surface area (Å²) in [4.78, 5) is 18.2. The van der Waals surface area contributed by atoms with Gasteiger partial charge in [0.25, 0.3) is 5.91 Å². The Morgan fingerprint density at radius 2 is 1.90 bits per heavy atom. The van der Waals surface area contributed by atoms with E-state index in [4.69, 9.17) is 0 Å². The second-order valence-electron chi connectivity index (χ2n) is 6.05. The standard InChI is InChI=1S/C15H22N2O.C2H6/c1-15(2)8-6-13(7-9-15)17(3)14(18)12-5-4-10-16-11-12;1-2/h4-5,10-11,13H,6-9H2,1-3H3;1-2H3. The number of hydrogen-bond donors (Lipinski definition) is 0. The SMILES string of the molecule is CC.CN(C(=O)c1cccnc1)C1CCC(C)(C)CC1. The number of nitrogens with zero attached hydrogens (tertiary/aromatic N) is 2. The second-order valence-corrected chi connectivity index (χ2v) is 6.05. The summed E-state index contributed by atoms with van der Waals surface area (Å²) in [6.45, 7) is 8.62. The lowest BCUT2D eigenvalue weighted by Gasteiger charge is -2.38. The van der Waals surface area contributed by atoms with Crippen molar-refractivity contribution in [3.63, 3.8) is 0 Å². The third-order valence-electron chi connectivity index (χ3n) is 4.09. The summed E-state index contributed by atoms with van der Waals surface area (Å²) < 4.78 is 0. The van der Waals surface area contributed by atoms with Crippen LogP contribution in [0.15, 0.2) is 24.5 Å². The fourth-order valence-electron chi connectivity index (χ4n) is 2.63. The molecule has 112 valence electrons. The van der Waals surface area contributed by atoms with Crippen molar-refractivity contribution in [2.45, 2.75) is 59.4 Å². The fraction of sp³-hybridized carbons (Fsp3) is 0.647. The summed E-state index contributed by atoms with van der Waals surface area (Å²) in [6.07, 6.45) is 7.95. The minimum absolute atomic E-state index is 0.0906. The molecule has 1 aromatic rings. The Hall–Kier alpha value is -1.38. The summed E-state index contributed by atoms with van der Waals surface area (Å²) in [5, 5.41) is 0. The van der Waals surface area contributed by atoms with E-state index in [-0.39, 0.29) is 5.91 Å². The van der Waals surface area contributed by atoms with Gasteiger partial charge >= 0.3 is 0 Å². The highest BCUT2D eigenvalue weighted by molar-refractivity contribution is 5.93. The summed E-state index contributed by atoms with van der Waals surface area (Å²) in [7, 11) is 1.92. The molecule has 20 heavy (non-hydrogen) atoms. The molecule has 1 amide bonds. The average molecular weight is 276 g/mol. The molecule has 1 aliphatic carbocycles. The highest BCUT2D eigenvalue weighted by atomic mass is 16.2. The molecule has 0 aliphatic heterocycles. The molecule has 0 radical (unpaired) electrons. The predicted octanol–water partition coefficient (Wildman–Crippen LogP) is 4.15. The number of pyridine rings is 1. The molecule has 3 nitrogen and oxygen atoms in total. The van der Waals surface area contributed by atoms with Gasteiger partial charge in [0.05, 0.1) is 5.56 Å². The normalized spacial score (nSPS) is 17.9. The molecular weight excluding hydrogens is 248 g/mol. The average Bonchev–Trinajstić information content (AvgIpc) is 2.49. The first-order valence-electron chi connectivity index (χ1n) is 7.67. The number of hydrogen-bond acceptors (Lipinski definition) is 2. The van der Waals surface area contributed by atoms with Crippen LogP contribution in [0.4, 0.5) is 0 Å². The smallest absolute Gasteiger partial charge is 0.255 e. The molecule has 2 rings (SSSR count). The van der Waals surface area contributed by atoms with Gasteiger partial charge in [0.1, 0.15) is 0 Å². The van der Waals surface area contributed by atoms with Gasteiger partial charge < -0.3 is 4.90 Å². The van der Waals surface area contributed by atoms with Crippen LogP contribution in [0.3, 0.4) is 0 Å². The Morgan fingerprint density at radius 3 is 2.40 bits per heavy atom. The topological polar surface area (TPSA) is 33.2 Å². The van der Waals surface area contributed by atoms with Gasteiger partial charge in [0, 0.05) is 25.5 Å². The van der Waals surface area contributed by atoms with Gasteiger partial charge in [-0.3, -0.25) is 9.78 Å². The van der Waals surface area contributed by atoms with Crippen LogP contribution in [0.5, 0.6) is 0 Å². The van der Waals surface area contributed by atoms with E-state index in [2.05, 4.69) is 18.8 Å². The summed E-state index contributed by atoms with van der Waals surface area (Å²) in [6, 6.07) is 4.02. The van der Waals surface area contributed by atoms with Gasteiger partial charge in [-0.1, -0.05) is 27.7 Å². The van der Waals surface area contributed by atoms with E-state index in [0.717, 1.165) is 12.8 Å². The number of carbonyl (C=O) groups excluding carboxylic acids is 1. The van der Waals surface area contributed by atoms with Crippen molar-refractivity contribution >= 4 is 5.91 Å². The van der Waals surface area contributed by atoms with Gasteiger partial charge in [0.15, 0.2) is 0 Å². The van der Waals surface area contributed by atoms with E-state index in [1.807, 2.05) is 37.9 Å². The molecule has 0 bridgehead atoms. The fourth-order valence-corrected chi connectivity index (χ4v) is 2.63. The van der Waals surface area contributed by atoms with E-state index in [1.165, 1.54) is 12.8 Å². The molecule has 0 unspecified atom stereocenters. The summed E-state index contributed by atoms with van der Waals surface area (Å²) in [5.41, 5.74) is 1.12. The largest absolute Gasteiger partial charge is 0.339 e. The zero-order valence-corrected chi connectivity index (χ0v) is 13.5. The Bertz CT molecular complexity index is 404. The third kappa shape index (κ3) is 4.32. The van der Waals surface area contributed by atoms with Crippen molar-refractivity contribution in [1.29, 1.82) is 0 Å². The highest BCUT2D eigenvalue weighted by Gasteiger charge is 2.30. The third-order valence-corrected chi connectivity index (χ3v) is 4.09. The van der Waals surface area contributed by atoms with Gasteiger partial charge in [-0.15, -0.1) is 0 Å². The zero-order chi connectivity index (χ0) is 15.2. The molecular formula is C17H28N2O. The summed E-state index contributed by atoms with van der Waals surface area (Å²) >= 11 is 0. The monoisotopic (exact) mass is 276 g/mol. The van der Waals surface area contributed by atoms with Gasteiger partial charge in [-0.25, -0.2) is 0 Å². The van der Waals surface area contributed by atoms with Gasteiger partial charge in [-0.2, -0.15) is 0 Å². The van der Waals surface area contributed by atoms with Crippen molar-refractivity contribution in [2.75, 3.05) is 7.05 Å². The zero-order valence-electron chi connectivity index (χ0n) is 13.5. The van der Waals surface area contributed by atoms with Crippen LogP contribution in [0.2, 0.25) is 0 Å².